The molecule has 2 heterocycles. The lowest BCUT2D eigenvalue weighted by Crippen LogP contribution is -2.34. The third-order valence-electron chi connectivity index (χ3n) is 5.83. The Bertz CT molecular complexity index is 826. The number of halogens is 2. The molecule has 1 atom stereocenters. The fourth-order valence-electron chi connectivity index (χ4n) is 4.04. The predicted molar refractivity (Wildman–Crippen MR) is 114 cm³/mol. The van der Waals surface area contributed by atoms with Gasteiger partial charge in [-0.15, -0.1) is 0 Å². The van der Waals surface area contributed by atoms with E-state index in [1.165, 1.54) is 0 Å². The second-order valence-electron chi connectivity index (χ2n) is 8.45. The minimum absolute atomic E-state index is 0.0321. The van der Waals surface area contributed by atoms with Crippen molar-refractivity contribution < 1.29 is 27.9 Å². The second kappa shape index (κ2) is 11.0. The highest BCUT2D eigenvalue weighted by atomic mass is 19.3. The highest BCUT2D eigenvalue weighted by Crippen LogP contribution is 2.29. The van der Waals surface area contributed by atoms with Gasteiger partial charge in [-0.3, -0.25) is 4.79 Å². The molecule has 32 heavy (non-hydrogen) atoms. The summed E-state index contributed by atoms with van der Waals surface area (Å²) >= 11 is 0. The molecule has 0 bridgehead atoms. The van der Waals surface area contributed by atoms with Crippen LogP contribution >= 0.6 is 0 Å². The Morgan fingerprint density at radius 3 is 2.78 bits per heavy atom. The Morgan fingerprint density at radius 2 is 2.16 bits per heavy atom. The summed E-state index contributed by atoms with van der Waals surface area (Å²) in [5.41, 5.74) is 1.52. The summed E-state index contributed by atoms with van der Waals surface area (Å²) < 4.78 is 37.2. The van der Waals surface area contributed by atoms with Crippen molar-refractivity contribution in [1.82, 2.24) is 15.5 Å². The number of hydrogen-bond acceptors (Lipinski definition) is 7. The summed E-state index contributed by atoms with van der Waals surface area (Å²) in [6, 6.07) is 0. The molecule has 0 spiro atoms. The van der Waals surface area contributed by atoms with Crippen molar-refractivity contribution in [3.8, 4) is 0 Å². The Labute approximate surface area is 186 Å². The number of amides is 1. The number of aliphatic hydroxyl groups is 1. The Kier molecular flexibility index (Phi) is 8.36. The van der Waals surface area contributed by atoms with Crippen LogP contribution in [0.25, 0.3) is 0 Å². The van der Waals surface area contributed by atoms with E-state index in [2.05, 4.69) is 20.0 Å². The van der Waals surface area contributed by atoms with Gasteiger partial charge in [0.2, 0.25) is 0 Å². The second-order valence-corrected chi connectivity index (χ2v) is 8.45. The number of anilines is 1. The Hall–Kier alpha value is -2.33. The van der Waals surface area contributed by atoms with Crippen molar-refractivity contribution in [1.29, 1.82) is 0 Å². The van der Waals surface area contributed by atoms with E-state index in [-0.39, 0.29) is 31.1 Å². The van der Waals surface area contributed by atoms with E-state index < -0.39 is 11.8 Å². The van der Waals surface area contributed by atoms with Gasteiger partial charge in [0.05, 0.1) is 12.7 Å². The molecule has 178 valence electrons. The lowest BCUT2D eigenvalue weighted by atomic mass is 9.92. The molecule has 10 heteroatoms. The fraction of sp³-hybridized carbons (Fsp3) is 0.682. The molecule has 2 aliphatic rings. The monoisotopic (exact) mass is 454 g/mol. The molecule has 1 aliphatic heterocycles. The molecular formula is C22H32F2N4O4. The van der Waals surface area contributed by atoms with Gasteiger partial charge in [-0.1, -0.05) is 12.2 Å². The Balaban J connectivity index is 1.33. The number of carbonyl (C=O) groups is 1. The maximum Gasteiger partial charge on any atom is 0.322 e. The minimum atomic E-state index is -3.13. The zero-order chi connectivity index (χ0) is 23.1. The number of aliphatic hydroxyl groups excluding tert-OH is 1. The lowest BCUT2D eigenvalue weighted by molar-refractivity contribution is -0.117. The predicted octanol–water partition coefficient (Wildman–Crippen LogP) is 2.95. The first-order chi connectivity index (χ1) is 15.3. The van der Waals surface area contributed by atoms with Crippen LogP contribution in [0.4, 0.5) is 14.7 Å². The van der Waals surface area contributed by atoms with Crippen LogP contribution in [-0.2, 0) is 15.5 Å². The lowest BCUT2D eigenvalue weighted by Gasteiger charge is -2.31. The standard InChI is InChI=1S/C22H32F2N4O4/c1-15-14-17(5-6-18(15)19(30)25-9-12-29)31-13-3-4-16-7-10-28(11-8-16)21-26-20(32-27-21)22(2,23)24/h6,14,16-17,29H,3-5,7-13H2,1-2H3,(H,25,30). The number of piperidine rings is 1. The van der Waals surface area contributed by atoms with Crippen molar-refractivity contribution >= 4 is 11.9 Å². The molecule has 1 aromatic heterocycles. The van der Waals surface area contributed by atoms with Gasteiger partial charge in [-0.2, -0.15) is 13.8 Å². The van der Waals surface area contributed by atoms with Crippen LogP contribution in [0.3, 0.4) is 0 Å². The van der Waals surface area contributed by atoms with Crippen LogP contribution in [0.1, 0.15) is 51.8 Å². The van der Waals surface area contributed by atoms with Crippen LogP contribution in [-0.4, -0.2) is 60.1 Å². The van der Waals surface area contributed by atoms with Gasteiger partial charge in [-0.25, -0.2) is 0 Å². The largest absolute Gasteiger partial charge is 0.395 e. The van der Waals surface area contributed by atoms with E-state index >= 15 is 0 Å². The maximum atomic E-state index is 13.3. The molecule has 1 unspecified atom stereocenters. The van der Waals surface area contributed by atoms with Gasteiger partial charge in [0, 0.05) is 38.7 Å². The summed E-state index contributed by atoms with van der Waals surface area (Å²) in [4.78, 5) is 17.8. The third-order valence-corrected chi connectivity index (χ3v) is 5.83. The topological polar surface area (TPSA) is 101 Å². The van der Waals surface area contributed by atoms with Gasteiger partial charge >= 0.3 is 5.92 Å². The molecule has 0 aromatic carbocycles. The van der Waals surface area contributed by atoms with Crippen LogP contribution in [0.15, 0.2) is 27.8 Å². The molecule has 1 aromatic rings. The SMILES string of the molecule is CC1=CC(OCCCC2CCN(c3noc(C(C)(F)F)n3)CC2)CC=C1C(=O)NCCO. The Morgan fingerprint density at radius 1 is 1.41 bits per heavy atom. The summed E-state index contributed by atoms with van der Waals surface area (Å²) in [6.07, 6.45) is 8.37. The molecule has 8 nitrogen and oxygen atoms in total. The van der Waals surface area contributed by atoms with Gasteiger partial charge in [0.25, 0.3) is 17.7 Å². The minimum Gasteiger partial charge on any atom is -0.395 e. The number of nitrogens with zero attached hydrogens (tertiary/aromatic N) is 3. The first kappa shape index (κ1) is 24.3. The smallest absolute Gasteiger partial charge is 0.322 e. The van der Waals surface area contributed by atoms with Crippen molar-refractivity contribution in [2.45, 2.75) is 58.0 Å². The zero-order valence-corrected chi connectivity index (χ0v) is 18.6. The number of rotatable bonds is 10. The molecule has 1 aliphatic carbocycles. The average molecular weight is 455 g/mol. The molecule has 3 rings (SSSR count). The highest BCUT2D eigenvalue weighted by Gasteiger charge is 2.33. The van der Waals surface area contributed by atoms with Gasteiger partial charge in [-0.05, 0) is 55.7 Å². The van der Waals surface area contributed by atoms with Gasteiger partial charge in [0.1, 0.15) is 0 Å². The third kappa shape index (κ3) is 6.59. The fourth-order valence-corrected chi connectivity index (χ4v) is 4.04. The van der Waals surface area contributed by atoms with Crippen molar-refractivity contribution in [3.05, 3.63) is 29.2 Å². The summed E-state index contributed by atoms with van der Waals surface area (Å²) in [5.74, 6) is -3.15. The van der Waals surface area contributed by atoms with E-state index in [0.29, 0.717) is 24.5 Å². The first-order valence-electron chi connectivity index (χ1n) is 11.1. The normalized spacial score (nSPS) is 20.2. The number of aromatic nitrogens is 2. The van der Waals surface area contributed by atoms with E-state index in [1.807, 2.05) is 24.0 Å². The van der Waals surface area contributed by atoms with Gasteiger partial charge in [0.15, 0.2) is 0 Å². The zero-order valence-electron chi connectivity index (χ0n) is 18.6. The average Bonchev–Trinajstić information content (AvgIpc) is 3.26. The molecule has 0 radical (unpaired) electrons. The van der Waals surface area contributed by atoms with Crippen LogP contribution in [0.2, 0.25) is 0 Å². The number of hydrogen-bond donors (Lipinski definition) is 2. The molecule has 1 amide bonds. The molecule has 1 saturated heterocycles. The van der Waals surface area contributed by atoms with Crippen molar-refractivity contribution in [3.63, 3.8) is 0 Å². The molecule has 2 N–H and O–H groups in total. The van der Waals surface area contributed by atoms with Crippen molar-refractivity contribution in [2.75, 3.05) is 37.7 Å². The highest BCUT2D eigenvalue weighted by molar-refractivity contribution is 5.97. The maximum absolute atomic E-state index is 13.3. The van der Waals surface area contributed by atoms with E-state index in [0.717, 1.165) is 51.3 Å². The molecule has 1 fully saturated rings. The quantitative estimate of drug-likeness (QED) is 0.524. The number of ether oxygens (including phenoxy) is 1. The number of nitrogens with one attached hydrogen (secondary N) is 1. The molecular weight excluding hydrogens is 422 g/mol. The summed E-state index contributed by atoms with van der Waals surface area (Å²) in [7, 11) is 0. The van der Waals surface area contributed by atoms with Crippen LogP contribution < -0.4 is 10.2 Å². The first-order valence-corrected chi connectivity index (χ1v) is 11.1. The summed E-state index contributed by atoms with van der Waals surface area (Å²) in [5, 5.41) is 15.2. The van der Waals surface area contributed by atoms with Crippen LogP contribution in [0, 0.1) is 5.92 Å². The number of carbonyl (C=O) groups excluding carboxylic acids is 1. The van der Waals surface area contributed by atoms with Crippen LogP contribution in [0.5, 0.6) is 0 Å². The summed E-state index contributed by atoms with van der Waals surface area (Å²) in [6.45, 7) is 4.88. The molecule has 0 saturated carbocycles. The van der Waals surface area contributed by atoms with Crippen molar-refractivity contribution in [2.24, 2.45) is 5.92 Å². The number of alkyl halides is 2. The van der Waals surface area contributed by atoms with E-state index in [4.69, 9.17) is 9.84 Å². The van der Waals surface area contributed by atoms with Gasteiger partial charge < -0.3 is 24.6 Å². The van der Waals surface area contributed by atoms with E-state index in [9.17, 15) is 13.6 Å². The van der Waals surface area contributed by atoms with E-state index in [1.54, 1.807) is 0 Å².